The molecule has 1 aromatic rings. The van der Waals surface area contributed by atoms with Gasteiger partial charge >= 0.3 is 5.97 Å². The zero-order valence-corrected chi connectivity index (χ0v) is 20.3. The van der Waals surface area contributed by atoms with Gasteiger partial charge in [-0.25, -0.2) is 4.90 Å². The highest BCUT2D eigenvalue weighted by Crippen LogP contribution is 2.44. The van der Waals surface area contributed by atoms with Crippen molar-refractivity contribution in [2.45, 2.75) is 64.7 Å². The highest BCUT2D eigenvalue weighted by atomic mass is 32.2. The van der Waals surface area contributed by atoms with Crippen molar-refractivity contribution in [3.8, 4) is 0 Å². The Balaban J connectivity index is 1.53. The van der Waals surface area contributed by atoms with Crippen molar-refractivity contribution in [1.82, 2.24) is 4.90 Å². The molecule has 0 bridgehead atoms. The van der Waals surface area contributed by atoms with Crippen molar-refractivity contribution < 1.29 is 24.3 Å². The third kappa shape index (κ3) is 5.89. The Morgan fingerprint density at radius 3 is 2.18 bits per heavy atom. The Hall–Kier alpha value is -2.52. The van der Waals surface area contributed by atoms with Crippen LogP contribution in [0.5, 0.6) is 0 Å². The summed E-state index contributed by atoms with van der Waals surface area (Å²) >= 11 is 6.56. The molecule has 0 radical (unpaired) electrons. The van der Waals surface area contributed by atoms with E-state index in [1.165, 1.54) is 6.92 Å². The van der Waals surface area contributed by atoms with E-state index in [0.717, 1.165) is 68.0 Å². The lowest BCUT2D eigenvalue weighted by Crippen LogP contribution is -2.32. The number of hydrogen-bond acceptors (Lipinski definition) is 6. The number of carboxylic acid groups (broad SMARTS) is 1. The molecule has 0 atom stereocenters. The highest BCUT2D eigenvalue weighted by molar-refractivity contribution is 8.26. The first-order valence-corrected chi connectivity index (χ1v) is 12.5. The van der Waals surface area contributed by atoms with Gasteiger partial charge in [0.15, 0.2) is 0 Å². The molecule has 3 amide bonds. The molecule has 1 aromatic carbocycles. The van der Waals surface area contributed by atoms with Crippen molar-refractivity contribution >= 4 is 63.3 Å². The normalized spacial score (nSPS) is 17.8. The summed E-state index contributed by atoms with van der Waals surface area (Å²) in [4.78, 5) is 51.6. The number of para-hydroxylation sites is 1. The number of anilines is 1. The van der Waals surface area contributed by atoms with Crippen LogP contribution >= 0.6 is 24.0 Å². The van der Waals surface area contributed by atoms with E-state index < -0.39 is 11.9 Å². The highest BCUT2D eigenvalue weighted by Gasteiger charge is 2.42. The predicted molar refractivity (Wildman–Crippen MR) is 133 cm³/mol. The van der Waals surface area contributed by atoms with Gasteiger partial charge < -0.3 is 5.11 Å². The number of imide groups is 1. The van der Waals surface area contributed by atoms with E-state index in [0.29, 0.717) is 27.0 Å². The number of benzene rings is 1. The van der Waals surface area contributed by atoms with Crippen LogP contribution in [0.2, 0.25) is 0 Å². The van der Waals surface area contributed by atoms with E-state index in [1.54, 1.807) is 29.2 Å². The standard InChI is InChI=1S/C24H28N2O5S2/c1-16(27)26-18-13-10-9-12-17(18)20(22(26)30)21-23(31)25(24(32)33-21)15-11-7-5-3-2-4-6-8-14-19(28)29/h9-10,12-13H,2-8,11,14-15H2,1H3,(H,28,29). The minimum atomic E-state index is -0.737. The molecule has 2 aliphatic rings. The maximum Gasteiger partial charge on any atom is 0.303 e. The van der Waals surface area contributed by atoms with Gasteiger partial charge in [0.1, 0.15) is 4.32 Å². The van der Waals surface area contributed by atoms with Gasteiger partial charge in [0.2, 0.25) is 5.91 Å². The zero-order valence-electron chi connectivity index (χ0n) is 18.7. The van der Waals surface area contributed by atoms with Crippen LogP contribution in [0, 0.1) is 0 Å². The summed E-state index contributed by atoms with van der Waals surface area (Å²) < 4.78 is 0.437. The third-order valence-corrected chi connectivity index (χ3v) is 7.19. The minimum absolute atomic E-state index is 0.240. The van der Waals surface area contributed by atoms with Gasteiger partial charge in [-0.2, -0.15) is 0 Å². The van der Waals surface area contributed by atoms with Gasteiger partial charge in [0.25, 0.3) is 11.8 Å². The second-order valence-corrected chi connectivity index (χ2v) is 9.82. The van der Waals surface area contributed by atoms with E-state index in [4.69, 9.17) is 17.3 Å². The number of aliphatic carboxylic acids is 1. The van der Waals surface area contributed by atoms with E-state index in [-0.39, 0.29) is 23.8 Å². The van der Waals surface area contributed by atoms with Crippen LogP contribution < -0.4 is 4.90 Å². The number of unbranched alkanes of at least 4 members (excludes halogenated alkanes) is 7. The second-order valence-electron chi connectivity index (χ2n) is 8.18. The molecule has 2 heterocycles. The van der Waals surface area contributed by atoms with Crippen molar-refractivity contribution in [3.05, 3.63) is 34.7 Å². The predicted octanol–water partition coefficient (Wildman–Crippen LogP) is 4.75. The number of carboxylic acids is 1. The first-order chi connectivity index (χ1) is 15.8. The lowest BCUT2D eigenvalue weighted by Gasteiger charge is -2.14. The number of rotatable bonds is 11. The quantitative estimate of drug-likeness (QED) is 0.273. The number of carbonyl (C=O) groups excluding carboxylic acids is 3. The summed E-state index contributed by atoms with van der Waals surface area (Å²) in [5.74, 6) is -1.88. The van der Waals surface area contributed by atoms with Gasteiger partial charge in [-0.3, -0.25) is 24.1 Å². The Kier molecular flexibility index (Phi) is 8.80. The summed E-state index contributed by atoms with van der Waals surface area (Å²) in [5, 5.41) is 8.63. The lowest BCUT2D eigenvalue weighted by molar-refractivity contribution is -0.137. The van der Waals surface area contributed by atoms with Crippen LogP contribution in [0.1, 0.15) is 70.3 Å². The molecule has 176 valence electrons. The number of thiocarbonyl (C=S) groups is 1. The number of amides is 3. The molecule has 0 saturated carbocycles. The van der Waals surface area contributed by atoms with Crippen LogP contribution in [0.3, 0.4) is 0 Å². The van der Waals surface area contributed by atoms with Gasteiger partial charge in [0.05, 0.1) is 16.2 Å². The van der Waals surface area contributed by atoms with Crippen LogP contribution in [0.15, 0.2) is 29.2 Å². The van der Waals surface area contributed by atoms with Gasteiger partial charge in [-0.15, -0.1) is 0 Å². The Morgan fingerprint density at radius 2 is 1.55 bits per heavy atom. The van der Waals surface area contributed by atoms with E-state index in [1.807, 2.05) is 0 Å². The average molecular weight is 489 g/mol. The van der Waals surface area contributed by atoms with Crippen molar-refractivity contribution in [1.29, 1.82) is 0 Å². The molecule has 1 saturated heterocycles. The summed E-state index contributed by atoms with van der Waals surface area (Å²) in [6.07, 6.45) is 7.97. The zero-order chi connectivity index (χ0) is 24.0. The third-order valence-electron chi connectivity index (χ3n) is 5.74. The molecule has 0 spiro atoms. The molecule has 7 nitrogen and oxygen atoms in total. The lowest BCUT2D eigenvalue weighted by atomic mass is 10.1. The fraction of sp³-hybridized carbons (Fsp3) is 0.458. The molecular formula is C24H28N2O5S2. The van der Waals surface area contributed by atoms with Crippen LogP contribution in [0.25, 0.3) is 5.57 Å². The van der Waals surface area contributed by atoms with E-state index in [9.17, 15) is 19.2 Å². The van der Waals surface area contributed by atoms with E-state index in [2.05, 4.69) is 0 Å². The average Bonchev–Trinajstić information content (AvgIpc) is 3.21. The van der Waals surface area contributed by atoms with Crippen molar-refractivity contribution in [2.75, 3.05) is 11.4 Å². The summed E-state index contributed by atoms with van der Waals surface area (Å²) in [6.45, 7) is 1.84. The number of hydrogen-bond donors (Lipinski definition) is 1. The molecular weight excluding hydrogens is 460 g/mol. The van der Waals surface area contributed by atoms with E-state index >= 15 is 0 Å². The summed E-state index contributed by atoms with van der Waals surface area (Å²) in [6, 6.07) is 6.99. The van der Waals surface area contributed by atoms with Gasteiger partial charge in [0, 0.05) is 25.5 Å². The minimum Gasteiger partial charge on any atom is -0.481 e. The van der Waals surface area contributed by atoms with Crippen molar-refractivity contribution in [2.24, 2.45) is 0 Å². The topological polar surface area (TPSA) is 95.0 Å². The molecule has 0 aromatic heterocycles. The molecule has 1 N–H and O–H groups in total. The fourth-order valence-electron chi connectivity index (χ4n) is 4.10. The molecule has 3 rings (SSSR count). The summed E-state index contributed by atoms with van der Waals surface area (Å²) in [7, 11) is 0. The van der Waals surface area contributed by atoms with Crippen LogP contribution in [-0.2, 0) is 19.2 Å². The molecule has 2 aliphatic heterocycles. The van der Waals surface area contributed by atoms with Crippen molar-refractivity contribution in [3.63, 3.8) is 0 Å². The first kappa shape index (κ1) is 25.1. The molecule has 9 heteroatoms. The number of nitrogens with zero attached hydrogens (tertiary/aromatic N) is 2. The smallest absolute Gasteiger partial charge is 0.303 e. The number of carbonyl (C=O) groups is 4. The number of fused-ring (bicyclic) bond motifs is 1. The van der Waals surface area contributed by atoms with Crippen LogP contribution in [0.4, 0.5) is 5.69 Å². The monoisotopic (exact) mass is 488 g/mol. The van der Waals surface area contributed by atoms with Gasteiger partial charge in [-0.1, -0.05) is 80.7 Å². The maximum absolute atomic E-state index is 13.1. The maximum atomic E-state index is 13.1. The second kappa shape index (κ2) is 11.6. The molecule has 1 fully saturated rings. The number of thioether (sulfide) groups is 1. The molecule has 0 aliphatic carbocycles. The molecule has 33 heavy (non-hydrogen) atoms. The Morgan fingerprint density at radius 1 is 0.939 bits per heavy atom. The first-order valence-electron chi connectivity index (χ1n) is 11.3. The Labute approximate surface area is 203 Å². The SMILES string of the molecule is CC(=O)N1C(=O)C(=C2SC(=S)N(CCCCCCCCCCC(=O)O)C2=O)c2ccccc21. The van der Waals surface area contributed by atoms with Crippen LogP contribution in [-0.4, -0.2) is 44.6 Å². The Bertz CT molecular complexity index is 1000. The summed E-state index contributed by atoms with van der Waals surface area (Å²) in [5.41, 5.74) is 1.34. The molecule has 0 unspecified atom stereocenters. The largest absolute Gasteiger partial charge is 0.481 e. The van der Waals surface area contributed by atoms with Gasteiger partial charge in [-0.05, 0) is 18.9 Å². The fourth-order valence-corrected chi connectivity index (χ4v) is 5.48.